The summed E-state index contributed by atoms with van der Waals surface area (Å²) in [7, 11) is 0. The van der Waals surface area contributed by atoms with Gasteiger partial charge in [-0.3, -0.25) is 9.69 Å². The number of H-pyrrole nitrogens is 1. The number of hydrogen-bond acceptors (Lipinski definition) is 2. The van der Waals surface area contributed by atoms with Crippen LogP contribution in [0.1, 0.15) is 55.0 Å². The van der Waals surface area contributed by atoms with Gasteiger partial charge in [-0.1, -0.05) is 19.4 Å². The molecule has 0 aliphatic carbocycles. The van der Waals surface area contributed by atoms with Gasteiger partial charge >= 0.3 is 0 Å². The number of nitrogens with one attached hydrogen (secondary N) is 1. The van der Waals surface area contributed by atoms with Crippen LogP contribution in [0.15, 0.2) is 16.9 Å². The lowest BCUT2D eigenvalue weighted by Gasteiger charge is -2.35. The van der Waals surface area contributed by atoms with E-state index in [2.05, 4.69) is 36.7 Å². The molecule has 1 aromatic carbocycles. The highest BCUT2D eigenvalue weighted by Gasteiger charge is 2.23. The average Bonchev–Trinajstić information content (AvgIpc) is 2.53. The third kappa shape index (κ3) is 3.07. The maximum absolute atomic E-state index is 13.1. The Labute approximate surface area is 138 Å². The molecule has 1 atom stereocenters. The van der Waals surface area contributed by atoms with Gasteiger partial charge in [0.15, 0.2) is 5.43 Å². The summed E-state index contributed by atoms with van der Waals surface area (Å²) in [5.74, 6) is 0. The van der Waals surface area contributed by atoms with Crippen LogP contribution in [-0.4, -0.2) is 22.5 Å². The molecule has 0 unspecified atom stereocenters. The van der Waals surface area contributed by atoms with Crippen molar-refractivity contribution in [3.8, 4) is 0 Å². The van der Waals surface area contributed by atoms with Crippen molar-refractivity contribution in [3.63, 3.8) is 0 Å². The molecule has 1 saturated heterocycles. The summed E-state index contributed by atoms with van der Waals surface area (Å²) in [6.45, 7) is 10.3. The Kier molecular flexibility index (Phi) is 4.58. The molecule has 3 nitrogen and oxygen atoms in total. The van der Waals surface area contributed by atoms with E-state index < -0.39 is 0 Å². The van der Waals surface area contributed by atoms with Gasteiger partial charge in [0.25, 0.3) is 0 Å². The minimum Gasteiger partial charge on any atom is -0.358 e. The molecule has 0 amide bonds. The number of aromatic nitrogens is 1. The first kappa shape index (κ1) is 16.3. The van der Waals surface area contributed by atoms with Gasteiger partial charge in [0.1, 0.15) is 0 Å². The number of rotatable bonds is 3. The molecule has 1 aromatic heterocycles. The molecular formula is C20H28N2O. The number of nitrogens with zero attached hydrogens (tertiary/aromatic N) is 1. The van der Waals surface area contributed by atoms with Crippen molar-refractivity contribution in [1.82, 2.24) is 9.88 Å². The smallest absolute Gasteiger partial charge is 0.194 e. The lowest BCUT2D eigenvalue weighted by Crippen LogP contribution is -2.39. The Balaban J connectivity index is 2.05. The van der Waals surface area contributed by atoms with Crippen molar-refractivity contribution in [1.29, 1.82) is 0 Å². The van der Waals surface area contributed by atoms with Gasteiger partial charge in [0.05, 0.1) is 5.52 Å². The predicted octanol–water partition coefficient (Wildman–Crippen LogP) is 4.22. The highest BCUT2D eigenvalue weighted by atomic mass is 16.1. The second-order valence-electron chi connectivity index (χ2n) is 7.09. The standard InChI is InChI=1S/C20H28N2O/c1-5-16-8-6-7-9-22(16)12-18-15(4)21-19-14(3)10-13(2)11-17(19)20(18)23/h10-11,16H,5-9,12H2,1-4H3,(H,21,23)/t16-/m1/s1. The highest BCUT2D eigenvalue weighted by Crippen LogP contribution is 2.23. The summed E-state index contributed by atoms with van der Waals surface area (Å²) >= 11 is 0. The van der Waals surface area contributed by atoms with Crippen molar-refractivity contribution in [2.24, 2.45) is 0 Å². The van der Waals surface area contributed by atoms with Crippen LogP contribution in [-0.2, 0) is 6.54 Å². The molecule has 0 bridgehead atoms. The van der Waals surface area contributed by atoms with E-state index in [9.17, 15) is 4.79 Å². The first-order valence-corrected chi connectivity index (χ1v) is 8.88. The molecule has 1 fully saturated rings. The highest BCUT2D eigenvalue weighted by molar-refractivity contribution is 5.83. The van der Waals surface area contributed by atoms with Crippen molar-refractivity contribution in [3.05, 3.63) is 44.7 Å². The van der Waals surface area contributed by atoms with Crippen molar-refractivity contribution in [2.45, 2.75) is 66.0 Å². The molecule has 2 aromatic rings. The summed E-state index contributed by atoms with van der Waals surface area (Å²) in [4.78, 5) is 19.1. The predicted molar refractivity (Wildman–Crippen MR) is 97.1 cm³/mol. The lowest BCUT2D eigenvalue weighted by molar-refractivity contribution is 0.135. The molecule has 3 heteroatoms. The van der Waals surface area contributed by atoms with Gasteiger partial charge in [-0.2, -0.15) is 0 Å². The number of hydrogen-bond donors (Lipinski definition) is 1. The first-order valence-electron chi connectivity index (χ1n) is 8.88. The fraction of sp³-hybridized carbons (Fsp3) is 0.550. The Bertz CT molecular complexity index is 775. The monoisotopic (exact) mass is 312 g/mol. The van der Waals surface area contributed by atoms with E-state index in [0.717, 1.165) is 46.4 Å². The van der Waals surface area contributed by atoms with Crippen LogP contribution >= 0.6 is 0 Å². The Morgan fingerprint density at radius 3 is 2.74 bits per heavy atom. The third-order valence-corrected chi connectivity index (χ3v) is 5.35. The van der Waals surface area contributed by atoms with Crippen LogP contribution in [0.2, 0.25) is 0 Å². The van der Waals surface area contributed by atoms with Gasteiger partial charge in [-0.25, -0.2) is 0 Å². The van der Waals surface area contributed by atoms with Crippen molar-refractivity contribution in [2.75, 3.05) is 6.54 Å². The number of aromatic amines is 1. The van der Waals surface area contributed by atoms with Crippen LogP contribution in [0.3, 0.4) is 0 Å². The van der Waals surface area contributed by atoms with E-state index in [1.165, 1.54) is 25.7 Å². The number of fused-ring (bicyclic) bond motifs is 1. The van der Waals surface area contributed by atoms with Gasteiger partial charge in [-0.15, -0.1) is 0 Å². The lowest BCUT2D eigenvalue weighted by atomic mass is 9.98. The number of benzene rings is 1. The van der Waals surface area contributed by atoms with E-state index in [-0.39, 0.29) is 5.43 Å². The summed E-state index contributed by atoms with van der Waals surface area (Å²) in [5, 5.41) is 0.841. The number of likely N-dealkylation sites (tertiary alicyclic amines) is 1. The Hall–Kier alpha value is -1.61. The van der Waals surface area contributed by atoms with E-state index in [1.54, 1.807) is 0 Å². The zero-order valence-corrected chi connectivity index (χ0v) is 14.8. The minimum absolute atomic E-state index is 0.212. The second kappa shape index (κ2) is 6.48. The molecule has 1 N–H and O–H groups in total. The average molecular weight is 312 g/mol. The van der Waals surface area contributed by atoms with Crippen LogP contribution in [0.5, 0.6) is 0 Å². The van der Waals surface area contributed by atoms with Crippen molar-refractivity contribution >= 4 is 10.9 Å². The van der Waals surface area contributed by atoms with Crippen LogP contribution in [0.4, 0.5) is 0 Å². The molecule has 1 aliphatic heterocycles. The molecule has 0 radical (unpaired) electrons. The SMILES string of the molecule is CC[C@@H]1CCCCN1Cc1c(C)[nH]c2c(C)cc(C)cc2c1=O. The molecule has 124 valence electrons. The fourth-order valence-electron chi connectivity index (χ4n) is 4.03. The summed E-state index contributed by atoms with van der Waals surface area (Å²) in [6.07, 6.45) is 5.00. The maximum Gasteiger partial charge on any atom is 0.194 e. The molecule has 0 saturated carbocycles. The third-order valence-electron chi connectivity index (χ3n) is 5.35. The van der Waals surface area contributed by atoms with E-state index >= 15 is 0 Å². The van der Waals surface area contributed by atoms with Gasteiger partial charge in [0, 0.05) is 29.2 Å². The van der Waals surface area contributed by atoms with Gasteiger partial charge in [-0.05, 0) is 63.8 Å². The topological polar surface area (TPSA) is 36.1 Å². The molecule has 1 aliphatic rings. The quantitative estimate of drug-likeness (QED) is 0.921. The van der Waals surface area contributed by atoms with Crippen LogP contribution < -0.4 is 5.43 Å². The van der Waals surface area contributed by atoms with Gasteiger partial charge in [0.2, 0.25) is 0 Å². The van der Waals surface area contributed by atoms with Crippen LogP contribution in [0.25, 0.3) is 10.9 Å². The Morgan fingerprint density at radius 2 is 2.00 bits per heavy atom. The number of pyridine rings is 1. The summed E-state index contributed by atoms with van der Waals surface area (Å²) in [5.41, 5.74) is 5.48. The van der Waals surface area contributed by atoms with E-state index in [0.29, 0.717) is 6.04 Å². The molecule has 0 spiro atoms. The number of piperidine rings is 1. The number of aryl methyl sites for hydroxylation is 3. The van der Waals surface area contributed by atoms with Crippen molar-refractivity contribution < 1.29 is 0 Å². The minimum atomic E-state index is 0.212. The fourth-order valence-corrected chi connectivity index (χ4v) is 4.03. The largest absolute Gasteiger partial charge is 0.358 e. The molecule has 2 heterocycles. The maximum atomic E-state index is 13.1. The first-order chi connectivity index (χ1) is 11.0. The van der Waals surface area contributed by atoms with Gasteiger partial charge < -0.3 is 4.98 Å². The molecular weight excluding hydrogens is 284 g/mol. The zero-order chi connectivity index (χ0) is 16.6. The zero-order valence-electron chi connectivity index (χ0n) is 14.8. The van der Waals surface area contributed by atoms with E-state index in [4.69, 9.17) is 0 Å². The summed E-state index contributed by atoms with van der Waals surface area (Å²) < 4.78 is 0. The molecule has 23 heavy (non-hydrogen) atoms. The summed E-state index contributed by atoms with van der Waals surface area (Å²) in [6, 6.07) is 4.78. The van der Waals surface area contributed by atoms with E-state index in [1.807, 2.05) is 13.0 Å². The van der Waals surface area contributed by atoms with Crippen LogP contribution in [0, 0.1) is 20.8 Å². The normalized spacial score (nSPS) is 19.4. The molecule has 3 rings (SSSR count). The second-order valence-corrected chi connectivity index (χ2v) is 7.09. The Morgan fingerprint density at radius 1 is 1.22 bits per heavy atom.